The van der Waals surface area contributed by atoms with Crippen LogP contribution in [0.4, 0.5) is 10.5 Å². The molecule has 6 nitrogen and oxygen atoms in total. The smallest absolute Gasteiger partial charge is 0.327 e. The number of carbonyl (C=O) groups is 2. The molecule has 2 amide bonds. The van der Waals surface area contributed by atoms with E-state index < -0.39 is 12.0 Å². The van der Waals surface area contributed by atoms with Crippen molar-refractivity contribution in [1.29, 1.82) is 0 Å². The summed E-state index contributed by atoms with van der Waals surface area (Å²) in [6, 6.07) is 6.30. The number of hydrogen-bond acceptors (Lipinski definition) is 3. The molecule has 112 valence electrons. The van der Waals surface area contributed by atoms with Gasteiger partial charge in [-0.2, -0.15) is 0 Å². The Hall–Kier alpha value is -2.08. The number of hydrogen-bond donors (Lipinski definition) is 1. The monoisotopic (exact) mass is 290 g/mol. The van der Waals surface area contributed by atoms with E-state index in [0.717, 1.165) is 5.56 Å². The number of amides is 2. The first kappa shape index (κ1) is 13.9. The zero-order chi connectivity index (χ0) is 15.0. The molecule has 1 unspecified atom stereocenters. The van der Waals surface area contributed by atoms with Gasteiger partial charge in [-0.25, -0.2) is 9.59 Å². The van der Waals surface area contributed by atoms with Crippen LogP contribution < -0.4 is 4.90 Å². The van der Waals surface area contributed by atoms with E-state index in [9.17, 15) is 14.7 Å². The Kier molecular flexibility index (Phi) is 3.55. The van der Waals surface area contributed by atoms with Gasteiger partial charge in [-0.1, -0.05) is 18.2 Å². The lowest BCUT2D eigenvalue weighted by molar-refractivity contribution is -0.138. The highest BCUT2D eigenvalue weighted by Gasteiger charge is 2.40. The Labute approximate surface area is 122 Å². The summed E-state index contributed by atoms with van der Waals surface area (Å²) < 4.78 is 5.44. The van der Waals surface area contributed by atoms with Crippen molar-refractivity contribution in [2.45, 2.75) is 25.5 Å². The Morgan fingerprint density at radius 3 is 2.81 bits per heavy atom. The molecule has 2 atom stereocenters. The number of carboxylic acids is 1. The summed E-state index contributed by atoms with van der Waals surface area (Å²) in [5.41, 5.74) is 1.61. The van der Waals surface area contributed by atoms with Gasteiger partial charge < -0.3 is 14.7 Å². The van der Waals surface area contributed by atoms with Crippen LogP contribution in [0.5, 0.6) is 0 Å². The van der Waals surface area contributed by atoms with E-state index in [2.05, 4.69) is 0 Å². The van der Waals surface area contributed by atoms with Gasteiger partial charge >= 0.3 is 12.0 Å². The molecule has 0 saturated carbocycles. The normalized spacial score (nSPS) is 24.8. The van der Waals surface area contributed by atoms with E-state index in [1.165, 1.54) is 4.90 Å². The largest absolute Gasteiger partial charge is 0.480 e. The fourth-order valence-electron chi connectivity index (χ4n) is 2.96. The van der Waals surface area contributed by atoms with Gasteiger partial charge in [0.05, 0.1) is 12.7 Å². The molecule has 0 aromatic heterocycles. The van der Waals surface area contributed by atoms with Crippen LogP contribution in [-0.2, 0) is 16.0 Å². The van der Waals surface area contributed by atoms with Crippen LogP contribution in [-0.4, -0.2) is 53.8 Å². The number of fused-ring (bicyclic) bond motifs is 1. The molecule has 2 heterocycles. The van der Waals surface area contributed by atoms with E-state index in [1.807, 2.05) is 25.1 Å². The van der Waals surface area contributed by atoms with Crippen molar-refractivity contribution in [2.24, 2.45) is 0 Å². The molecular weight excluding hydrogens is 272 g/mol. The van der Waals surface area contributed by atoms with Crippen molar-refractivity contribution in [2.75, 3.05) is 24.6 Å². The molecule has 2 aliphatic rings. The van der Waals surface area contributed by atoms with Crippen LogP contribution in [0.15, 0.2) is 24.3 Å². The second-order valence-electron chi connectivity index (χ2n) is 5.47. The first-order valence-electron chi connectivity index (χ1n) is 7.08. The van der Waals surface area contributed by atoms with Gasteiger partial charge in [0.1, 0.15) is 6.04 Å². The molecule has 0 radical (unpaired) electrons. The molecule has 0 spiro atoms. The molecule has 0 aliphatic carbocycles. The third-order valence-corrected chi connectivity index (χ3v) is 3.98. The molecule has 1 fully saturated rings. The van der Waals surface area contributed by atoms with Gasteiger partial charge in [-0.15, -0.1) is 0 Å². The highest BCUT2D eigenvalue weighted by atomic mass is 16.5. The maximum Gasteiger partial charge on any atom is 0.327 e. The van der Waals surface area contributed by atoms with E-state index >= 15 is 0 Å². The number of urea groups is 1. The molecule has 1 N–H and O–H groups in total. The second-order valence-corrected chi connectivity index (χ2v) is 5.47. The van der Waals surface area contributed by atoms with Gasteiger partial charge in [0.15, 0.2) is 0 Å². The predicted octanol–water partition coefficient (Wildman–Crippen LogP) is 1.34. The molecular formula is C15H18N2O4. The van der Waals surface area contributed by atoms with Gasteiger partial charge in [-0.05, 0) is 18.6 Å². The van der Waals surface area contributed by atoms with E-state index in [1.54, 1.807) is 11.0 Å². The Morgan fingerprint density at radius 2 is 2.10 bits per heavy atom. The average Bonchev–Trinajstić information content (AvgIpc) is 2.86. The number of rotatable bonds is 1. The van der Waals surface area contributed by atoms with Crippen molar-refractivity contribution in [3.63, 3.8) is 0 Å². The van der Waals surface area contributed by atoms with Crippen molar-refractivity contribution in [3.8, 4) is 0 Å². The molecule has 0 bridgehead atoms. The molecule has 1 aromatic rings. The molecule has 1 aromatic carbocycles. The van der Waals surface area contributed by atoms with Crippen molar-refractivity contribution in [1.82, 2.24) is 4.90 Å². The third kappa shape index (κ3) is 2.47. The summed E-state index contributed by atoms with van der Waals surface area (Å²) in [5.74, 6) is -0.971. The zero-order valence-electron chi connectivity index (χ0n) is 11.9. The molecule has 3 rings (SSSR count). The van der Waals surface area contributed by atoms with Crippen molar-refractivity contribution < 1.29 is 19.4 Å². The summed E-state index contributed by atoms with van der Waals surface area (Å²) in [7, 11) is 0. The van der Waals surface area contributed by atoms with Crippen LogP contribution in [0, 0.1) is 0 Å². The average molecular weight is 290 g/mol. The van der Waals surface area contributed by atoms with Gasteiger partial charge in [0.2, 0.25) is 0 Å². The maximum atomic E-state index is 12.8. The van der Waals surface area contributed by atoms with Gasteiger partial charge in [0.25, 0.3) is 0 Å². The Bertz CT molecular complexity index is 575. The highest BCUT2D eigenvalue weighted by molar-refractivity contribution is 6.01. The fourth-order valence-corrected chi connectivity index (χ4v) is 2.96. The van der Waals surface area contributed by atoms with E-state index in [-0.39, 0.29) is 12.1 Å². The lowest BCUT2D eigenvalue weighted by Crippen LogP contribution is -2.54. The summed E-state index contributed by atoms with van der Waals surface area (Å²) in [5, 5.41) is 9.42. The molecule has 1 saturated heterocycles. The van der Waals surface area contributed by atoms with Crippen LogP contribution in [0.2, 0.25) is 0 Å². The summed E-state index contributed by atoms with van der Waals surface area (Å²) in [6.07, 6.45) is 0.334. The zero-order valence-corrected chi connectivity index (χ0v) is 11.9. The number of ether oxygens (including phenoxy) is 1. The topological polar surface area (TPSA) is 70.1 Å². The quantitative estimate of drug-likeness (QED) is 0.847. The van der Waals surface area contributed by atoms with Crippen LogP contribution in [0.3, 0.4) is 0 Å². The number of carboxylic acid groups (broad SMARTS) is 1. The SMILES string of the molecule is CC1CN(C(=O)N2c3ccccc3C[C@H]2C(=O)O)CCO1. The first-order valence-corrected chi connectivity index (χ1v) is 7.08. The van der Waals surface area contributed by atoms with Crippen LogP contribution in [0.25, 0.3) is 0 Å². The Morgan fingerprint density at radius 1 is 1.33 bits per heavy atom. The number of para-hydroxylation sites is 1. The number of nitrogens with zero attached hydrogens (tertiary/aromatic N) is 2. The van der Waals surface area contributed by atoms with Crippen LogP contribution >= 0.6 is 0 Å². The summed E-state index contributed by atoms with van der Waals surface area (Å²) in [6.45, 7) is 3.38. The van der Waals surface area contributed by atoms with Crippen molar-refractivity contribution >= 4 is 17.7 Å². The number of morpholine rings is 1. The lowest BCUT2D eigenvalue weighted by atomic mass is 10.1. The highest BCUT2D eigenvalue weighted by Crippen LogP contribution is 2.33. The third-order valence-electron chi connectivity index (χ3n) is 3.98. The minimum Gasteiger partial charge on any atom is -0.480 e. The molecule has 6 heteroatoms. The van der Waals surface area contributed by atoms with Crippen LogP contribution in [0.1, 0.15) is 12.5 Å². The maximum absolute atomic E-state index is 12.8. The first-order chi connectivity index (χ1) is 10.1. The number of aliphatic carboxylic acids is 1. The Balaban J connectivity index is 1.90. The molecule has 21 heavy (non-hydrogen) atoms. The summed E-state index contributed by atoms with van der Waals surface area (Å²) >= 11 is 0. The minimum absolute atomic E-state index is 0.0242. The van der Waals surface area contributed by atoms with E-state index in [0.29, 0.717) is 31.8 Å². The fraction of sp³-hybridized carbons (Fsp3) is 0.467. The minimum atomic E-state index is -0.971. The van der Waals surface area contributed by atoms with Crippen molar-refractivity contribution in [3.05, 3.63) is 29.8 Å². The predicted molar refractivity (Wildman–Crippen MR) is 76.4 cm³/mol. The van der Waals surface area contributed by atoms with E-state index in [4.69, 9.17) is 4.74 Å². The second kappa shape index (κ2) is 5.37. The molecule has 2 aliphatic heterocycles. The number of benzene rings is 1. The van der Waals surface area contributed by atoms with Gasteiger partial charge in [-0.3, -0.25) is 4.90 Å². The number of anilines is 1. The lowest BCUT2D eigenvalue weighted by Gasteiger charge is -2.35. The standard InChI is InChI=1S/C15H18N2O4/c1-10-9-16(6-7-21-10)15(20)17-12-5-3-2-4-11(12)8-13(17)14(18)19/h2-5,10,13H,6-9H2,1H3,(H,18,19)/t10?,13-/m0/s1. The van der Waals surface area contributed by atoms with Gasteiger partial charge in [0, 0.05) is 25.2 Å². The number of carbonyl (C=O) groups excluding carboxylic acids is 1. The summed E-state index contributed by atoms with van der Waals surface area (Å²) in [4.78, 5) is 27.3.